The maximum atomic E-state index is 3.85. The summed E-state index contributed by atoms with van der Waals surface area (Å²) >= 11 is 5.73. The third-order valence-electron chi connectivity index (χ3n) is 3.38. The molecule has 2 heteroatoms. The lowest BCUT2D eigenvalue weighted by molar-refractivity contribution is 1.20. The fourth-order valence-corrected chi connectivity index (χ4v) is 4.40. The number of halogens is 1. The molecule has 2 aromatic carbocycles. The van der Waals surface area contributed by atoms with Crippen molar-refractivity contribution in [1.29, 1.82) is 0 Å². The zero-order valence-corrected chi connectivity index (χ0v) is 13.4. The van der Waals surface area contributed by atoms with Crippen LogP contribution < -0.4 is 0 Å². The highest BCUT2D eigenvalue weighted by Crippen LogP contribution is 2.38. The van der Waals surface area contributed by atoms with Gasteiger partial charge in [-0.3, -0.25) is 0 Å². The van der Waals surface area contributed by atoms with Crippen LogP contribution in [0.2, 0.25) is 0 Å². The van der Waals surface area contributed by atoms with E-state index < -0.39 is 0 Å². The molecule has 0 aliphatic heterocycles. The molecule has 0 radical (unpaired) electrons. The van der Waals surface area contributed by atoms with Crippen molar-refractivity contribution in [3.05, 3.63) is 69.4 Å². The second-order valence-corrected chi connectivity index (χ2v) is 7.08. The van der Waals surface area contributed by atoms with Crippen LogP contribution in [-0.4, -0.2) is 0 Å². The Hall–Kier alpha value is -1.12. The standard InChI is InChI=1S/C17H15BrS/c1-11-9-12(2)19-17(11)16(18)15-8-7-13-5-3-4-6-14(13)10-15/h3-10,16H,1-2H3. The third-order valence-corrected chi connectivity index (χ3v) is 5.88. The molecule has 0 bridgehead atoms. The number of rotatable bonds is 2. The molecule has 0 fully saturated rings. The highest BCUT2D eigenvalue weighted by atomic mass is 79.9. The molecule has 0 nitrogen and oxygen atoms in total. The number of aryl methyl sites for hydroxylation is 2. The molecule has 1 aromatic heterocycles. The first kappa shape index (κ1) is 12.9. The zero-order valence-electron chi connectivity index (χ0n) is 11.0. The summed E-state index contributed by atoms with van der Waals surface area (Å²) in [6, 6.07) is 17.5. The number of hydrogen-bond acceptors (Lipinski definition) is 1. The number of alkyl halides is 1. The molecule has 3 rings (SSSR count). The van der Waals surface area contributed by atoms with Crippen LogP contribution in [0.15, 0.2) is 48.5 Å². The van der Waals surface area contributed by atoms with Crippen LogP contribution in [0.3, 0.4) is 0 Å². The minimum Gasteiger partial charge on any atom is -0.144 e. The average Bonchev–Trinajstić information content (AvgIpc) is 2.76. The van der Waals surface area contributed by atoms with Gasteiger partial charge in [0.05, 0.1) is 4.83 Å². The first-order valence-corrected chi connectivity index (χ1v) is 8.08. The molecule has 96 valence electrons. The van der Waals surface area contributed by atoms with Gasteiger partial charge in [-0.05, 0) is 47.9 Å². The number of thiophene rings is 1. The molecule has 0 spiro atoms. The second-order valence-electron chi connectivity index (χ2n) is 4.87. The molecular weight excluding hydrogens is 316 g/mol. The van der Waals surface area contributed by atoms with Gasteiger partial charge in [0.2, 0.25) is 0 Å². The predicted molar refractivity (Wildman–Crippen MR) is 88.5 cm³/mol. The molecule has 0 N–H and O–H groups in total. The van der Waals surface area contributed by atoms with Crippen molar-refractivity contribution in [2.75, 3.05) is 0 Å². The van der Waals surface area contributed by atoms with E-state index in [0.29, 0.717) is 0 Å². The molecule has 0 aliphatic carbocycles. The third kappa shape index (κ3) is 2.47. The molecule has 1 unspecified atom stereocenters. The summed E-state index contributed by atoms with van der Waals surface area (Å²) in [5.74, 6) is 0. The average molecular weight is 331 g/mol. The van der Waals surface area contributed by atoms with Crippen molar-refractivity contribution in [3.63, 3.8) is 0 Å². The summed E-state index contributed by atoms with van der Waals surface area (Å²) in [7, 11) is 0. The summed E-state index contributed by atoms with van der Waals surface area (Å²) in [6.07, 6.45) is 0. The molecule has 3 aromatic rings. The minimum absolute atomic E-state index is 0.288. The Morgan fingerprint density at radius 1 is 0.947 bits per heavy atom. The van der Waals surface area contributed by atoms with Gasteiger partial charge < -0.3 is 0 Å². The Balaban J connectivity index is 2.06. The molecule has 0 saturated carbocycles. The van der Waals surface area contributed by atoms with Crippen molar-refractivity contribution in [1.82, 2.24) is 0 Å². The van der Waals surface area contributed by atoms with Crippen molar-refractivity contribution in [3.8, 4) is 0 Å². The van der Waals surface area contributed by atoms with Crippen molar-refractivity contribution in [2.24, 2.45) is 0 Å². The van der Waals surface area contributed by atoms with Gasteiger partial charge in [-0.1, -0.05) is 52.3 Å². The van der Waals surface area contributed by atoms with E-state index in [9.17, 15) is 0 Å². The van der Waals surface area contributed by atoms with E-state index in [1.165, 1.54) is 31.7 Å². The van der Waals surface area contributed by atoms with Gasteiger partial charge in [-0.15, -0.1) is 11.3 Å². The fourth-order valence-electron chi connectivity index (χ4n) is 2.43. The zero-order chi connectivity index (χ0) is 13.4. The van der Waals surface area contributed by atoms with E-state index in [1.807, 2.05) is 11.3 Å². The molecule has 19 heavy (non-hydrogen) atoms. The van der Waals surface area contributed by atoms with E-state index in [0.717, 1.165) is 0 Å². The van der Waals surface area contributed by atoms with E-state index in [2.05, 4.69) is 78.3 Å². The minimum atomic E-state index is 0.288. The highest BCUT2D eigenvalue weighted by Gasteiger charge is 2.15. The summed E-state index contributed by atoms with van der Waals surface area (Å²) < 4.78 is 0. The maximum Gasteiger partial charge on any atom is 0.0741 e. The number of hydrogen-bond donors (Lipinski definition) is 0. The van der Waals surface area contributed by atoms with Crippen LogP contribution in [0.1, 0.15) is 25.7 Å². The van der Waals surface area contributed by atoms with Crippen molar-refractivity contribution < 1.29 is 0 Å². The summed E-state index contributed by atoms with van der Waals surface area (Å²) in [5.41, 5.74) is 2.70. The van der Waals surface area contributed by atoms with Gasteiger partial charge in [-0.2, -0.15) is 0 Å². The predicted octanol–water partition coefficient (Wildman–Crippen LogP) is 6.00. The Labute approximate surface area is 126 Å². The molecular formula is C17H15BrS. The van der Waals surface area contributed by atoms with Crippen LogP contribution in [-0.2, 0) is 0 Å². The first-order chi connectivity index (χ1) is 9.15. The van der Waals surface area contributed by atoms with Gasteiger partial charge in [0, 0.05) is 9.75 Å². The quantitative estimate of drug-likeness (QED) is 0.505. The Kier molecular flexibility index (Phi) is 3.46. The summed E-state index contributed by atoms with van der Waals surface area (Å²) in [4.78, 5) is 3.07. The van der Waals surface area contributed by atoms with Crippen molar-refractivity contribution >= 4 is 38.0 Å². The van der Waals surface area contributed by atoms with E-state index >= 15 is 0 Å². The van der Waals surface area contributed by atoms with Crippen LogP contribution in [0.25, 0.3) is 10.8 Å². The van der Waals surface area contributed by atoms with Crippen LogP contribution in [0.5, 0.6) is 0 Å². The van der Waals surface area contributed by atoms with Gasteiger partial charge >= 0.3 is 0 Å². The lowest BCUT2D eigenvalue weighted by Crippen LogP contribution is -1.91. The Morgan fingerprint density at radius 2 is 1.68 bits per heavy atom. The smallest absolute Gasteiger partial charge is 0.0741 e. The lowest BCUT2D eigenvalue weighted by atomic mass is 10.0. The van der Waals surface area contributed by atoms with Crippen LogP contribution >= 0.6 is 27.3 Å². The lowest BCUT2D eigenvalue weighted by Gasteiger charge is -2.11. The monoisotopic (exact) mass is 330 g/mol. The molecule has 0 aliphatic rings. The molecule has 0 saturated heterocycles. The van der Waals surface area contributed by atoms with Gasteiger partial charge in [-0.25, -0.2) is 0 Å². The molecule has 0 amide bonds. The normalized spacial score (nSPS) is 12.8. The summed E-state index contributed by atoms with van der Waals surface area (Å²) in [5, 5.41) is 2.60. The Bertz CT molecular complexity index is 727. The highest BCUT2D eigenvalue weighted by molar-refractivity contribution is 9.09. The second kappa shape index (κ2) is 5.10. The SMILES string of the molecule is Cc1cc(C)c(C(Br)c2ccc3ccccc3c2)s1. The van der Waals surface area contributed by atoms with Crippen LogP contribution in [0.4, 0.5) is 0 Å². The van der Waals surface area contributed by atoms with Gasteiger partial charge in [0.1, 0.15) is 0 Å². The fraction of sp³-hybridized carbons (Fsp3) is 0.176. The first-order valence-electron chi connectivity index (χ1n) is 6.35. The largest absolute Gasteiger partial charge is 0.144 e. The van der Waals surface area contributed by atoms with Crippen molar-refractivity contribution in [2.45, 2.75) is 18.7 Å². The number of fused-ring (bicyclic) bond motifs is 1. The Morgan fingerprint density at radius 3 is 2.37 bits per heavy atom. The van der Waals surface area contributed by atoms with E-state index in [1.54, 1.807) is 0 Å². The van der Waals surface area contributed by atoms with Gasteiger partial charge in [0.25, 0.3) is 0 Å². The summed E-state index contributed by atoms with van der Waals surface area (Å²) in [6.45, 7) is 4.36. The number of benzene rings is 2. The van der Waals surface area contributed by atoms with Gasteiger partial charge in [0.15, 0.2) is 0 Å². The van der Waals surface area contributed by atoms with E-state index in [-0.39, 0.29) is 4.83 Å². The molecule has 1 atom stereocenters. The topological polar surface area (TPSA) is 0 Å². The molecule has 1 heterocycles. The maximum absolute atomic E-state index is 3.85. The van der Waals surface area contributed by atoms with E-state index in [4.69, 9.17) is 0 Å². The van der Waals surface area contributed by atoms with Crippen LogP contribution in [0, 0.1) is 13.8 Å².